The molecule has 0 radical (unpaired) electrons. The summed E-state index contributed by atoms with van der Waals surface area (Å²) in [5, 5.41) is 12.0. The Bertz CT molecular complexity index is 930. The van der Waals surface area contributed by atoms with Crippen molar-refractivity contribution in [3.05, 3.63) is 53.6 Å². The number of aromatic nitrogens is 3. The van der Waals surface area contributed by atoms with E-state index in [1.807, 2.05) is 31.2 Å². The fourth-order valence-corrected chi connectivity index (χ4v) is 3.12. The van der Waals surface area contributed by atoms with Crippen LogP contribution in [0.25, 0.3) is 11.4 Å². The van der Waals surface area contributed by atoms with Gasteiger partial charge in [-0.1, -0.05) is 35.5 Å². The zero-order valence-corrected chi connectivity index (χ0v) is 16.1. The first kappa shape index (κ1) is 19.1. The van der Waals surface area contributed by atoms with Crippen LogP contribution in [0.1, 0.15) is 6.92 Å². The highest BCUT2D eigenvalue weighted by atomic mass is 35.5. The molecule has 1 amide bonds. The fourth-order valence-electron chi connectivity index (χ4n) is 2.34. The van der Waals surface area contributed by atoms with E-state index in [9.17, 15) is 4.79 Å². The number of anilines is 1. The van der Waals surface area contributed by atoms with E-state index in [2.05, 4.69) is 15.5 Å². The quantitative estimate of drug-likeness (QED) is 0.463. The Morgan fingerprint density at radius 3 is 2.70 bits per heavy atom. The first-order chi connectivity index (χ1) is 13.1. The SMILES string of the molecule is CCOc1ccccc1NC(=O)CSc1nnc(-c2ccc(Cl)cc2)n1N. The molecule has 3 aromatic rings. The largest absolute Gasteiger partial charge is 0.492 e. The normalized spacial score (nSPS) is 10.6. The minimum Gasteiger partial charge on any atom is -0.492 e. The molecule has 1 aromatic heterocycles. The van der Waals surface area contributed by atoms with Crippen molar-refractivity contribution in [3.63, 3.8) is 0 Å². The second-order valence-electron chi connectivity index (χ2n) is 5.45. The third-order valence-electron chi connectivity index (χ3n) is 3.56. The maximum Gasteiger partial charge on any atom is 0.234 e. The van der Waals surface area contributed by atoms with E-state index in [1.165, 1.54) is 16.4 Å². The number of thioether (sulfide) groups is 1. The van der Waals surface area contributed by atoms with Crippen LogP contribution in [0.2, 0.25) is 5.02 Å². The topological polar surface area (TPSA) is 95.1 Å². The van der Waals surface area contributed by atoms with Crippen molar-refractivity contribution in [3.8, 4) is 17.1 Å². The number of nitrogens with two attached hydrogens (primary N) is 1. The van der Waals surface area contributed by atoms with Gasteiger partial charge in [0.25, 0.3) is 0 Å². The number of nitrogens with zero attached hydrogens (tertiary/aromatic N) is 3. The number of hydrogen-bond acceptors (Lipinski definition) is 6. The molecule has 7 nitrogen and oxygen atoms in total. The van der Waals surface area contributed by atoms with Gasteiger partial charge in [-0.25, -0.2) is 4.68 Å². The van der Waals surface area contributed by atoms with E-state index in [-0.39, 0.29) is 11.7 Å². The third-order valence-corrected chi connectivity index (χ3v) is 4.76. The summed E-state index contributed by atoms with van der Waals surface area (Å²) in [7, 11) is 0. The Balaban J connectivity index is 1.64. The lowest BCUT2D eigenvalue weighted by Crippen LogP contribution is -2.17. The minimum absolute atomic E-state index is 0.135. The number of hydrogen-bond donors (Lipinski definition) is 2. The van der Waals surface area contributed by atoms with Crippen LogP contribution in [-0.4, -0.2) is 33.1 Å². The van der Waals surface area contributed by atoms with Gasteiger partial charge in [-0.05, 0) is 43.3 Å². The lowest BCUT2D eigenvalue weighted by atomic mass is 10.2. The summed E-state index contributed by atoms with van der Waals surface area (Å²) < 4.78 is 6.86. The van der Waals surface area contributed by atoms with Crippen LogP contribution in [0.4, 0.5) is 5.69 Å². The molecule has 0 unspecified atom stereocenters. The number of para-hydroxylation sites is 2. The van der Waals surface area contributed by atoms with Crippen LogP contribution in [-0.2, 0) is 4.79 Å². The van der Waals surface area contributed by atoms with Gasteiger partial charge in [0.15, 0.2) is 5.82 Å². The van der Waals surface area contributed by atoms with Crippen molar-refractivity contribution in [2.24, 2.45) is 0 Å². The summed E-state index contributed by atoms with van der Waals surface area (Å²) in [6, 6.07) is 14.4. The van der Waals surface area contributed by atoms with Crippen molar-refractivity contribution in [1.29, 1.82) is 0 Å². The molecule has 0 spiro atoms. The molecule has 140 valence electrons. The number of rotatable bonds is 7. The Morgan fingerprint density at radius 2 is 1.96 bits per heavy atom. The number of amides is 1. The average Bonchev–Trinajstić information content (AvgIpc) is 3.03. The highest BCUT2D eigenvalue weighted by Gasteiger charge is 2.14. The van der Waals surface area contributed by atoms with Crippen LogP contribution in [0, 0.1) is 0 Å². The first-order valence-electron chi connectivity index (χ1n) is 8.19. The summed E-state index contributed by atoms with van der Waals surface area (Å²) in [6.07, 6.45) is 0. The zero-order chi connectivity index (χ0) is 19.2. The summed E-state index contributed by atoms with van der Waals surface area (Å²) in [5.74, 6) is 7.13. The van der Waals surface area contributed by atoms with Gasteiger partial charge in [0.2, 0.25) is 11.1 Å². The predicted octanol–water partition coefficient (Wildman–Crippen LogP) is 3.44. The van der Waals surface area contributed by atoms with Crippen LogP contribution >= 0.6 is 23.4 Å². The number of nitrogen functional groups attached to an aromatic ring is 1. The lowest BCUT2D eigenvalue weighted by Gasteiger charge is -2.11. The summed E-state index contributed by atoms with van der Waals surface area (Å²) >= 11 is 7.09. The molecule has 0 saturated carbocycles. The van der Waals surface area contributed by atoms with E-state index < -0.39 is 0 Å². The van der Waals surface area contributed by atoms with E-state index in [1.54, 1.807) is 24.3 Å². The Kier molecular flexibility index (Phi) is 6.20. The molecule has 27 heavy (non-hydrogen) atoms. The molecular weight excluding hydrogens is 386 g/mol. The van der Waals surface area contributed by atoms with E-state index in [4.69, 9.17) is 22.2 Å². The summed E-state index contributed by atoms with van der Waals surface area (Å²) in [5.41, 5.74) is 1.41. The molecule has 0 aliphatic rings. The van der Waals surface area contributed by atoms with Gasteiger partial charge in [0.05, 0.1) is 18.0 Å². The fraction of sp³-hybridized carbons (Fsp3) is 0.167. The molecule has 0 aliphatic carbocycles. The molecule has 1 heterocycles. The molecule has 0 aliphatic heterocycles. The molecule has 3 rings (SSSR count). The second kappa shape index (κ2) is 8.79. The molecule has 3 N–H and O–H groups in total. The van der Waals surface area contributed by atoms with Crippen molar-refractivity contribution < 1.29 is 9.53 Å². The Labute approximate surface area is 165 Å². The summed E-state index contributed by atoms with van der Waals surface area (Å²) in [4.78, 5) is 12.3. The standard InChI is InChI=1S/C18H18ClN5O2S/c1-2-26-15-6-4-3-5-14(15)21-16(25)11-27-18-23-22-17(24(18)20)12-7-9-13(19)10-8-12/h3-10H,2,11,20H2,1H3,(H,21,25). The van der Waals surface area contributed by atoms with Gasteiger partial charge in [-0.3, -0.25) is 4.79 Å². The van der Waals surface area contributed by atoms with Gasteiger partial charge in [0, 0.05) is 10.6 Å². The Morgan fingerprint density at radius 1 is 1.22 bits per heavy atom. The molecule has 0 saturated heterocycles. The molecular formula is C18H18ClN5O2S. The summed E-state index contributed by atoms with van der Waals surface area (Å²) in [6.45, 7) is 2.41. The van der Waals surface area contributed by atoms with E-state index in [0.717, 1.165) is 5.56 Å². The van der Waals surface area contributed by atoms with Crippen molar-refractivity contribution in [2.75, 3.05) is 23.5 Å². The third kappa shape index (κ3) is 4.72. The molecule has 9 heteroatoms. The molecule has 0 bridgehead atoms. The highest BCUT2D eigenvalue weighted by molar-refractivity contribution is 7.99. The molecule has 2 aromatic carbocycles. The Hall–Kier alpha value is -2.71. The number of halogens is 1. The smallest absolute Gasteiger partial charge is 0.234 e. The van der Waals surface area contributed by atoms with Gasteiger partial charge < -0.3 is 15.9 Å². The van der Waals surface area contributed by atoms with E-state index >= 15 is 0 Å². The molecule has 0 atom stereocenters. The van der Waals surface area contributed by atoms with Gasteiger partial charge in [-0.15, -0.1) is 10.2 Å². The zero-order valence-electron chi connectivity index (χ0n) is 14.6. The number of carbonyl (C=O) groups is 1. The first-order valence-corrected chi connectivity index (χ1v) is 9.55. The number of nitrogens with one attached hydrogen (secondary N) is 1. The average molecular weight is 404 g/mol. The van der Waals surface area contributed by atoms with Crippen molar-refractivity contribution in [1.82, 2.24) is 14.9 Å². The van der Waals surface area contributed by atoms with Crippen molar-refractivity contribution in [2.45, 2.75) is 12.1 Å². The van der Waals surface area contributed by atoms with Crippen LogP contribution in [0.3, 0.4) is 0 Å². The van der Waals surface area contributed by atoms with Crippen LogP contribution < -0.4 is 15.9 Å². The highest BCUT2D eigenvalue weighted by Crippen LogP contribution is 2.25. The van der Waals surface area contributed by atoms with Crippen LogP contribution in [0.5, 0.6) is 5.75 Å². The molecule has 0 fully saturated rings. The maximum atomic E-state index is 12.3. The van der Waals surface area contributed by atoms with Gasteiger partial charge in [0.1, 0.15) is 5.75 Å². The maximum absolute atomic E-state index is 12.3. The second-order valence-corrected chi connectivity index (χ2v) is 6.83. The lowest BCUT2D eigenvalue weighted by molar-refractivity contribution is -0.113. The number of carbonyl (C=O) groups excluding carboxylic acids is 1. The van der Waals surface area contributed by atoms with Gasteiger partial charge >= 0.3 is 0 Å². The monoisotopic (exact) mass is 403 g/mol. The van der Waals surface area contributed by atoms with Gasteiger partial charge in [-0.2, -0.15) is 0 Å². The minimum atomic E-state index is -0.191. The number of benzene rings is 2. The number of ether oxygens (including phenoxy) is 1. The van der Waals surface area contributed by atoms with E-state index in [0.29, 0.717) is 34.0 Å². The van der Waals surface area contributed by atoms with Crippen LogP contribution in [0.15, 0.2) is 53.7 Å². The predicted molar refractivity (Wildman–Crippen MR) is 108 cm³/mol. The van der Waals surface area contributed by atoms with Crippen molar-refractivity contribution >= 4 is 35.0 Å².